The van der Waals surface area contributed by atoms with Gasteiger partial charge in [0.15, 0.2) is 0 Å². The van der Waals surface area contributed by atoms with Gasteiger partial charge >= 0.3 is 0 Å². The molecule has 0 spiro atoms. The molecule has 0 radical (unpaired) electrons. The largest absolute Gasteiger partial charge is 0.470 e. The van der Waals surface area contributed by atoms with E-state index in [4.69, 9.17) is 9.15 Å². The van der Waals surface area contributed by atoms with Crippen molar-refractivity contribution in [1.29, 1.82) is 0 Å². The number of rotatable bonds is 3. The van der Waals surface area contributed by atoms with Crippen molar-refractivity contribution in [3.63, 3.8) is 0 Å². The molecule has 1 unspecified atom stereocenters. The van der Waals surface area contributed by atoms with Crippen LogP contribution in [0.4, 0.5) is 0 Å². The maximum atomic E-state index is 9.46. The molecular weight excluding hydrogens is 172 g/mol. The number of furan rings is 1. The van der Waals surface area contributed by atoms with Crippen molar-refractivity contribution in [3.05, 3.63) is 24.2 Å². The van der Waals surface area contributed by atoms with E-state index in [-0.39, 0.29) is 6.10 Å². The van der Waals surface area contributed by atoms with Crippen molar-refractivity contribution >= 4 is 6.47 Å². The van der Waals surface area contributed by atoms with Gasteiger partial charge in [-0.3, -0.25) is 4.79 Å². The molecule has 4 heteroatoms. The first-order valence-electron chi connectivity index (χ1n) is 4.00. The number of hydrogen-bond acceptors (Lipinski definition) is 4. The molecule has 0 bridgehead atoms. The molecule has 2 heterocycles. The number of aryl methyl sites for hydroxylation is 1. The highest BCUT2D eigenvalue weighted by molar-refractivity contribution is 5.36. The molecule has 1 aliphatic heterocycles. The average Bonchev–Trinajstić information content (AvgIpc) is 2.85. The Bertz CT molecular complexity index is 226. The van der Waals surface area contributed by atoms with Gasteiger partial charge in [-0.15, -0.1) is 0 Å². The van der Waals surface area contributed by atoms with E-state index in [0.717, 1.165) is 12.4 Å². The molecule has 2 rings (SSSR count). The normalized spacial score (nSPS) is 18.4. The van der Waals surface area contributed by atoms with Crippen LogP contribution in [0.25, 0.3) is 0 Å². The molecule has 0 saturated carbocycles. The van der Waals surface area contributed by atoms with Crippen LogP contribution in [0, 0.1) is 6.92 Å². The Morgan fingerprint density at radius 3 is 2.85 bits per heavy atom. The summed E-state index contributed by atoms with van der Waals surface area (Å²) in [6.45, 7) is 3.51. The fraction of sp³-hybridized carbons (Fsp3) is 0.444. The van der Waals surface area contributed by atoms with Gasteiger partial charge in [-0.2, -0.15) is 0 Å². The quantitative estimate of drug-likeness (QED) is 0.522. The lowest BCUT2D eigenvalue weighted by Crippen LogP contribution is -1.97. The Morgan fingerprint density at radius 1 is 1.77 bits per heavy atom. The van der Waals surface area contributed by atoms with Gasteiger partial charge in [0, 0.05) is 0 Å². The van der Waals surface area contributed by atoms with Crippen LogP contribution in [0.3, 0.4) is 0 Å². The topological polar surface area (TPSA) is 52.0 Å². The first-order chi connectivity index (χ1) is 6.33. The summed E-state index contributed by atoms with van der Waals surface area (Å²) in [5.41, 5.74) is 0. The third-order valence-electron chi connectivity index (χ3n) is 1.42. The minimum absolute atomic E-state index is 0.199. The van der Waals surface area contributed by atoms with E-state index in [1.54, 1.807) is 6.26 Å². The maximum absolute atomic E-state index is 9.46. The van der Waals surface area contributed by atoms with Gasteiger partial charge in [0.1, 0.15) is 18.5 Å². The van der Waals surface area contributed by atoms with E-state index in [2.05, 4.69) is 4.74 Å². The Kier molecular flexibility index (Phi) is 4.05. The zero-order valence-corrected chi connectivity index (χ0v) is 7.43. The minimum Gasteiger partial charge on any atom is -0.470 e. The van der Waals surface area contributed by atoms with Gasteiger partial charge in [-0.05, 0) is 19.1 Å². The Labute approximate surface area is 76.4 Å². The third kappa shape index (κ3) is 5.03. The molecule has 4 nitrogen and oxygen atoms in total. The third-order valence-corrected chi connectivity index (χ3v) is 1.42. The molecule has 1 atom stereocenters. The summed E-state index contributed by atoms with van der Waals surface area (Å²) < 4.78 is 13.9. The van der Waals surface area contributed by atoms with Crippen molar-refractivity contribution in [3.8, 4) is 0 Å². The molecule has 1 fully saturated rings. The number of carbonyl (C=O) groups is 1. The second kappa shape index (κ2) is 5.37. The Morgan fingerprint density at radius 2 is 2.54 bits per heavy atom. The molecule has 1 aromatic rings. The fourth-order valence-electron chi connectivity index (χ4n) is 0.672. The standard InChI is InChI=1S/C5H6O.C4H6O3/c1-5-3-2-4-6-5;5-3-6-1-4-2-7-4/h2-4H,1H3;3-4H,1-2H2. The number of ether oxygens (including phenoxy) is 2. The first kappa shape index (κ1) is 9.80. The van der Waals surface area contributed by atoms with Gasteiger partial charge in [-0.1, -0.05) is 0 Å². The number of hydrogen-bond donors (Lipinski definition) is 0. The molecule has 0 amide bonds. The second-order valence-electron chi connectivity index (χ2n) is 2.61. The highest BCUT2D eigenvalue weighted by atomic mass is 16.6. The van der Waals surface area contributed by atoms with Crippen LogP contribution in [-0.2, 0) is 14.3 Å². The molecule has 0 N–H and O–H groups in total. The Balaban J connectivity index is 0.000000132. The molecule has 13 heavy (non-hydrogen) atoms. The van der Waals surface area contributed by atoms with Crippen LogP contribution in [0.1, 0.15) is 5.76 Å². The zero-order chi connectivity index (χ0) is 9.52. The summed E-state index contributed by atoms with van der Waals surface area (Å²) in [5.74, 6) is 0.968. The molecule has 1 aromatic heterocycles. The van der Waals surface area contributed by atoms with Crippen LogP contribution in [-0.4, -0.2) is 25.8 Å². The monoisotopic (exact) mass is 184 g/mol. The van der Waals surface area contributed by atoms with Crippen molar-refractivity contribution in [2.75, 3.05) is 13.2 Å². The predicted molar refractivity (Wildman–Crippen MR) is 45.2 cm³/mol. The van der Waals surface area contributed by atoms with Gasteiger partial charge < -0.3 is 13.9 Å². The van der Waals surface area contributed by atoms with E-state index < -0.39 is 0 Å². The lowest BCUT2D eigenvalue weighted by Gasteiger charge is -1.86. The van der Waals surface area contributed by atoms with E-state index in [0.29, 0.717) is 13.1 Å². The molecular formula is C9H12O4. The Hall–Kier alpha value is -1.29. The van der Waals surface area contributed by atoms with Crippen molar-refractivity contribution in [1.82, 2.24) is 0 Å². The molecule has 72 valence electrons. The van der Waals surface area contributed by atoms with Crippen LogP contribution < -0.4 is 0 Å². The van der Waals surface area contributed by atoms with Gasteiger partial charge in [-0.25, -0.2) is 0 Å². The summed E-state index contributed by atoms with van der Waals surface area (Å²) in [7, 11) is 0. The van der Waals surface area contributed by atoms with Crippen LogP contribution >= 0.6 is 0 Å². The summed E-state index contributed by atoms with van der Waals surface area (Å²) in [5, 5.41) is 0. The minimum atomic E-state index is 0.199. The predicted octanol–water partition coefficient (Wildman–Crippen LogP) is 1.15. The number of carbonyl (C=O) groups excluding carboxylic acids is 1. The van der Waals surface area contributed by atoms with Gasteiger partial charge in [0.2, 0.25) is 0 Å². The first-order valence-corrected chi connectivity index (χ1v) is 4.00. The van der Waals surface area contributed by atoms with E-state index in [1.807, 2.05) is 19.1 Å². The summed E-state index contributed by atoms with van der Waals surface area (Å²) >= 11 is 0. The highest BCUT2D eigenvalue weighted by Gasteiger charge is 2.22. The second-order valence-corrected chi connectivity index (χ2v) is 2.61. The number of epoxide rings is 1. The lowest BCUT2D eigenvalue weighted by molar-refractivity contribution is -0.129. The highest BCUT2D eigenvalue weighted by Crippen LogP contribution is 2.07. The van der Waals surface area contributed by atoms with Crippen molar-refractivity contribution < 1.29 is 18.7 Å². The SMILES string of the molecule is Cc1ccco1.O=COCC1CO1. The van der Waals surface area contributed by atoms with Crippen molar-refractivity contribution in [2.45, 2.75) is 13.0 Å². The van der Waals surface area contributed by atoms with Gasteiger partial charge in [0.25, 0.3) is 6.47 Å². The summed E-state index contributed by atoms with van der Waals surface area (Å²) in [4.78, 5) is 9.46. The van der Waals surface area contributed by atoms with E-state index >= 15 is 0 Å². The smallest absolute Gasteiger partial charge is 0.293 e. The summed E-state index contributed by atoms with van der Waals surface area (Å²) in [6, 6.07) is 3.79. The fourth-order valence-corrected chi connectivity index (χ4v) is 0.672. The van der Waals surface area contributed by atoms with E-state index in [1.165, 1.54) is 0 Å². The average molecular weight is 184 g/mol. The van der Waals surface area contributed by atoms with Crippen molar-refractivity contribution in [2.24, 2.45) is 0 Å². The molecule has 1 saturated heterocycles. The van der Waals surface area contributed by atoms with E-state index in [9.17, 15) is 4.79 Å². The van der Waals surface area contributed by atoms with Crippen LogP contribution in [0.5, 0.6) is 0 Å². The summed E-state index contributed by atoms with van der Waals surface area (Å²) in [6.07, 6.45) is 1.86. The molecule has 0 aliphatic carbocycles. The molecule has 1 aliphatic rings. The van der Waals surface area contributed by atoms with Crippen LogP contribution in [0.15, 0.2) is 22.8 Å². The van der Waals surface area contributed by atoms with Crippen LogP contribution in [0.2, 0.25) is 0 Å². The zero-order valence-electron chi connectivity index (χ0n) is 7.43. The maximum Gasteiger partial charge on any atom is 0.293 e. The van der Waals surface area contributed by atoms with Gasteiger partial charge in [0.05, 0.1) is 12.9 Å². The lowest BCUT2D eigenvalue weighted by atomic mass is 10.5. The molecule has 0 aromatic carbocycles.